The second-order valence-electron chi connectivity index (χ2n) is 5.08. The van der Waals surface area contributed by atoms with E-state index in [1.807, 2.05) is 55.5 Å². The Labute approximate surface area is 126 Å². The molecule has 0 aliphatic rings. The van der Waals surface area contributed by atoms with Gasteiger partial charge >= 0.3 is 0 Å². The molecular formula is C18H21NO2. The third kappa shape index (κ3) is 4.09. The van der Waals surface area contributed by atoms with Crippen LogP contribution in [0.5, 0.6) is 5.75 Å². The summed E-state index contributed by atoms with van der Waals surface area (Å²) in [4.78, 5) is 12.2. The molecule has 0 saturated heterocycles. The average molecular weight is 283 g/mol. The zero-order chi connectivity index (χ0) is 15.2. The van der Waals surface area contributed by atoms with E-state index in [0.29, 0.717) is 0 Å². The third-order valence-electron chi connectivity index (χ3n) is 3.35. The summed E-state index contributed by atoms with van der Waals surface area (Å²) in [5.41, 5.74) is 3.05. The first kappa shape index (κ1) is 15.1. The van der Waals surface area contributed by atoms with Crippen molar-refractivity contribution in [3.63, 3.8) is 0 Å². The zero-order valence-electron chi connectivity index (χ0n) is 12.7. The Morgan fingerprint density at radius 2 is 1.81 bits per heavy atom. The molecule has 3 heteroatoms. The molecule has 0 heterocycles. The number of anilines is 1. The monoisotopic (exact) mass is 283 g/mol. The molecule has 1 atom stereocenters. The molecule has 0 saturated carbocycles. The van der Waals surface area contributed by atoms with Crippen molar-refractivity contribution in [3.05, 3.63) is 59.7 Å². The number of benzene rings is 2. The van der Waals surface area contributed by atoms with Gasteiger partial charge in [-0.15, -0.1) is 0 Å². The smallest absolute Gasteiger partial charge is 0.265 e. The van der Waals surface area contributed by atoms with E-state index in [9.17, 15) is 4.79 Å². The van der Waals surface area contributed by atoms with E-state index in [1.54, 1.807) is 6.92 Å². The second kappa shape index (κ2) is 6.93. The second-order valence-corrected chi connectivity index (χ2v) is 5.08. The fourth-order valence-electron chi connectivity index (χ4n) is 2.04. The molecule has 2 aromatic carbocycles. The lowest BCUT2D eigenvalue weighted by atomic mass is 10.1. The van der Waals surface area contributed by atoms with E-state index in [4.69, 9.17) is 4.74 Å². The van der Waals surface area contributed by atoms with Crippen molar-refractivity contribution < 1.29 is 9.53 Å². The Bertz CT molecular complexity index is 605. The van der Waals surface area contributed by atoms with Gasteiger partial charge in [-0.25, -0.2) is 0 Å². The van der Waals surface area contributed by atoms with Gasteiger partial charge in [0, 0.05) is 5.69 Å². The highest BCUT2D eigenvalue weighted by Gasteiger charge is 2.16. The quantitative estimate of drug-likeness (QED) is 0.902. The number of ether oxygens (including phenoxy) is 1. The Kier molecular flexibility index (Phi) is 4.99. The van der Waals surface area contributed by atoms with Crippen molar-refractivity contribution in [1.82, 2.24) is 0 Å². The number of carbonyl (C=O) groups is 1. The molecule has 0 radical (unpaired) electrons. The Morgan fingerprint density at radius 3 is 2.48 bits per heavy atom. The average Bonchev–Trinajstić information content (AvgIpc) is 2.50. The topological polar surface area (TPSA) is 38.3 Å². The highest BCUT2D eigenvalue weighted by Crippen LogP contribution is 2.20. The predicted octanol–water partition coefficient (Wildman–Crippen LogP) is 3.96. The van der Waals surface area contributed by atoms with Gasteiger partial charge in [-0.3, -0.25) is 4.79 Å². The largest absolute Gasteiger partial charge is 0.481 e. The number of nitrogens with one attached hydrogen (secondary N) is 1. The summed E-state index contributed by atoms with van der Waals surface area (Å²) in [7, 11) is 0. The van der Waals surface area contributed by atoms with E-state index >= 15 is 0 Å². The van der Waals surface area contributed by atoms with Crippen LogP contribution in [0.4, 0.5) is 5.69 Å². The van der Waals surface area contributed by atoms with E-state index in [1.165, 1.54) is 0 Å². The highest BCUT2D eigenvalue weighted by molar-refractivity contribution is 5.94. The zero-order valence-corrected chi connectivity index (χ0v) is 12.7. The minimum Gasteiger partial charge on any atom is -0.481 e. The van der Waals surface area contributed by atoms with Crippen molar-refractivity contribution in [2.75, 3.05) is 5.32 Å². The first-order chi connectivity index (χ1) is 10.1. The normalized spacial score (nSPS) is 11.8. The first-order valence-corrected chi connectivity index (χ1v) is 7.22. The van der Waals surface area contributed by atoms with Gasteiger partial charge in [0.15, 0.2) is 6.10 Å². The molecule has 2 rings (SSSR count). The maximum absolute atomic E-state index is 12.2. The summed E-state index contributed by atoms with van der Waals surface area (Å²) < 4.78 is 5.78. The van der Waals surface area contributed by atoms with Gasteiger partial charge in [0.05, 0.1) is 0 Å². The number of aryl methyl sites for hydroxylation is 2. The molecule has 0 spiro atoms. The van der Waals surface area contributed by atoms with E-state index in [2.05, 4.69) is 12.2 Å². The van der Waals surface area contributed by atoms with Crippen LogP contribution in [0.3, 0.4) is 0 Å². The lowest BCUT2D eigenvalue weighted by Crippen LogP contribution is -2.30. The van der Waals surface area contributed by atoms with Gasteiger partial charge in [0.1, 0.15) is 5.75 Å². The fraction of sp³-hybridized carbons (Fsp3) is 0.278. The number of rotatable bonds is 5. The molecule has 0 bridgehead atoms. The summed E-state index contributed by atoms with van der Waals surface area (Å²) in [5.74, 6) is 0.622. The molecule has 1 amide bonds. The summed E-state index contributed by atoms with van der Waals surface area (Å²) in [6.45, 7) is 5.84. The van der Waals surface area contributed by atoms with Crippen LogP contribution in [0.25, 0.3) is 0 Å². The van der Waals surface area contributed by atoms with Crippen molar-refractivity contribution >= 4 is 11.6 Å². The Morgan fingerprint density at radius 1 is 1.14 bits per heavy atom. The van der Waals surface area contributed by atoms with Crippen molar-refractivity contribution in [2.45, 2.75) is 33.3 Å². The summed E-state index contributed by atoms with van der Waals surface area (Å²) in [6, 6.07) is 15.5. The molecular weight excluding hydrogens is 262 g/mol. The van der Waals surface area contributed by atoms with Crippen molar-refractivity contribution in [3.8, 4) is 5.75 Å². The number of hydrogen-bond acceptors (Lipinski definition) is 2. The molecule has 3 nitrogen and oxygen atoms in total. The molecule has 110 valence electrons. The maximum Gasteiger partial charge on any atom is 0.265 e. The van der Waals surface area contributed by atoms with Crippen LogP contribution in [0.15, 0.2) is 48.5 Å². The summed E-state index contributed by atoms with van der Waals surface area (Å²) >= 11 is 0. The van der Waals surface area contributed by atoms with E-state index in [0.717, 1.165) is 29.0 Å². The Balaban J connectivity index is 2.01. The van der Waals surface area contributed by atoms with Crippen LogP contribution >= 0.6 is 0 Å². The van der Waals surface area contributed by atoms with Crippen LogP contribution in [0.2, 0.25) is 0 Å². The number of para-hydroxylation sites is 1. The Hall–Kier alpha value is -2.29. The molecule has 0 aromatic heterocycles. The summed E-state index contributed by atoms with van der Waals surface area (Å²) in [5, 5.41) is 2.86. The lowest BCUT2D eigenvalue weighted by Gasteiger charge is -2.17. The standard InChI is InChI=1S/C18H21NO2/c1-4-15-7-5-6-8-17(15)21-14(3)18(20)19-16-11-9-13(2)10-12-16/h5-12,14H,4H2,1-3H3,(H,19,20)/t14-/m0/s1. The minimum atomic E-state index is -0.543. The van der Waals surface area contributed by atoms with E-state index < -0.39 is 6.10 Å². The van der Waals surface area contributed by atoms with Gasteiger partial charge in [-0.05, 0) is 44.0 Å². The SMILES string of the molecule is CCc1ccccc1O[C@@H](C)C(=O)Nc1ccc(C)cc1. The van der Waals surface area contributed by atoms with Crippen LogP contribution in [-0.2, 0) is 11.2 Å². The minimum absolute atomic E-state index is 0.148. The van der Waals surface area contributed by atoms with Crippen LogP contribution in [-0.4, -0.2) is 12.0 Å². The van der Waals surface area contributed by atoms with Crippen LogP contribution in [0.1, 0.15) is 25.0 Å². The van der Waals surface area contributed by atoms with Gasteiger partial charge in [-0.2, -0.15) is 0 Å². The van der Waals surface area contributed by atoms with Gasteiger partial charge in [0.25, 0.3) is 5.91 Å². The molecule has 0 fully saturated rings. The molecule has 0 unspecified atom stereocenters. The molecule has 1 N–H and O–H groups in total. The molecule has 2 aromatic rings. The maximum atomic E-state index is 12.2. The van der Waals surface area contributed by atoms with E-state index in [-0.39, 0.29) is 5.91 Å². The van der Waals surface area contributed by atoms with Crippen LogP contribution < -0.4 is 10.1 Å². The van der Waals surface area contributed by atoms with Gasteiger partial charge < -0.3 is 10.1 Å². The van der Waals surface area contributed by atoms with Gasteiger partial charge in [-0.1, -0.05) is 42.8 Å². The number of hydrogen-bond donors (Lipinski definition) is 1. The third-order valence-corrected chi connectivity index (χ3v) is 3.35. The van der Waals surface area contributed by atoms with Crippen LogP contribution in [0, 0.1) is 6.92 Å². The number of carbonyl (C=O) groups excluding carboxylic acids is 1. The predicted molar refractivity (Wildman–Crippen MR) is 85.7 cm³/mol. The highest BCUT2D eigenvalue weighted by atomic mass is 16.5. The molecule has 0 aliphatic heterocycles. The van der Waals surface area contributed by atoms with Gasteiger partial charge in [0.2, 0.25) is 0 Å². The first-order valence-electron chi connectivity index (χ1n) is 7.22. The van der Waals surface area contributed by atoms with Crippen molar-refractivity contribution in [2.24, 2.45) is 0 Å². The molecule has 21 heavy (non-hydrogen) atoms. The van der Waals surface area contributed by atoms with Crippen molar-refractivity contribution in [1.29, 1.82) is 0 Å². The molecule has 0 aliphatic carbocycles. The lowest BCUT2D eigenvalue weighted by molar-refractivity contribution is -0.122. The summed E-state index contributed by atoms with van der Waals surface area (Å²) in [6.07, 6.45) is 0.335. The fourth-order valence-corrected chi connectivity index (χ4v) is 2.04. The number of amides is 1.